The second-order valence-electron chi connectivity index (χ2n) is 3.97. The van der Waals surface area contributed by atoms with Crippen LogP contribution in [0.5, 0.6) is 0 Å². The van der Waals surface area contributed by atoms with Crippen LogP contribution in [0, 0.1) is 6.92 Å². The molecule has 0 fully saturated rings. The Morgan fingerprint density at radius 1 is 1.12 bits per heavy atom. The lowest BCUT2D eigenvalue weighted by Gasteiger charge is -2.09. The fourth-order valence-electron chi connectivity index (χ4n) is 1.83. The summed E-state index contributed by atoms with van der Waals surface area (Å²) < 4.78 is 0. The van der Waals surface area contributed by atoms with Crippen LogP contribution in [-0.4, -0.2) is 11.1 Å². The van der Waals surface area contributed by atoms with Crippen molar-refractivity contribution in [1.29, 1.82) is 0 Å². The lowest BCUT2D eigenvalue weighted by Crippen LogP contribution is -2.03. The summed E-state index contributed by atoms with van der Waals surface area (Å²) in [5.41, 5.74) is 3.97. The van der Waals surface area contributed by atoms with Gasteiger partial charge in [0.05, 0.1) is 5.33 Å². The Morgan fingerprint density at radius 2 is 1.82 bits per heavy atom. The van der Waals surface area contributed by atoms with Crippen molar-refractivity contribution in [2.75, 3.05) is 5.33 Å². The summed E-state index contributed by atoms with van der Waals surface area (Å²) in [6.45, 7) is 2.00. The number of aryl methyl sites for hydroxylation is 1. The van der Waals surface area contributed by atoms with Crippen molar-refractivity contribution in [3.8, 4) is 11.1 Å². The molecule has 0 radical (unpaired) electrons. The average Bonchev–Trinajstić information content (AvgIpc) is 2.38. The summed E-state index contributed by atoms with van der Waals surface area (Å²) in [7, 11) is 0. The van der Waals surface area contributed by atoms with Crippen LogP contribution in [-0.2, 0) is 0 Å². The largest absolute Gasteiger partial charge is 0.293 e. The zero-order valence-corrected chi connectivity index (χ0v) is 11.2. The first kappa shape index (κ1) is 12.1. The van der Waals surface area contributed by atoms with Gasteiger partial charge in [0.2, 0.25) is 0 Å². The number of hydrogen-bond donors (Lipinski definition) is 0. The highest BCUT2D eigenvalue weighted by molar-refractivity contribution is 9.09. The van der Waals surface area contributed by atoms with Crippen LogP contribution >= 0.6 is 15.9 Å². The summed E-state index contributed by atoms with van der Waals surface area (Å²) in [4.78, 5) is 11.9. The van der Waals surface area contributed by atoms with Gasteiger partial charge < -0.3 is 0 Å². The molecule has 17 heavy (non-hydrogen) atoms. The van der Waals surface area contributed by atoms with Crippen LogP contribution in [0.2, 0.25) is 0 Å². The van der Waals surface area contributed by atoms with Gasteiger partial charge in [-0.25, -0.2) is 0 Å². The molecule has 0 aromatic heterocycles. The molecule has 1 nitrogen and oxygen atoms in total. The van der Waals surface area contributed by atoms with Gasteiger partial charge in [0, 0.05) is 5.56 Å². The minimum atomic E-state index is 0.118. The number of ketones is 1. The summed E-state index contributed by atoms with van der Waals surface area (Å²) in [5, 5.41) is 0.357. The predicted octanol–water partition coefficient (Wildman–Crippen LogP) is 4.24. The monoisotopic (exact) mass is 288 g/mol. The van der Waals surface area contributed by atoms with E-state index >= 15 is 0 Å². The number of carbonyl (C=O) groups is 1. The van der Waals surface area contributed by atoms with Gasteiger partial charge in [-0.3, -0.25) is 4.79 Å². The minimum absolute atomic E-state index is 0.118. The second kappa shape index (κ2) is 5.28. The van der Waals surface area contributed by atoms with Gasteiger partial charge in [-0.1, -0.05) is 64.0 Å². The van der Waals surface area contributed by atoms with Gasteiger partial charge in [-0.05, 0) is 24.1 Å². The van der Waals surface area contributed by atoms with Crippen LogP contribution < -0.4 is 0 Å². The van der Waals surface area contributed by atoms with Crippen LogP contribution in [0.25, 0.3) is 11.1 Å². The Kier molecular flexibility index (Phi) is 3.75. The van der Waals surface area contributed by atoms with Crippen molar-refractivity contribution in [1.82, 2.24) is 0 Å². The molecule has 0 N–H and O–H groups in total. The number of benzene rings is 2. The molecule has 0 aliphatic heterocycles. The molecule has 2 rings (SSSR count). The van der Waals surface area contributed by atoms with Crippen LogP contribution in [0.4, 0.5) is 0 Å². The number of halogens is 1. The Bertz CT molecular complexity index is 532. The highest BCUT2D eigenvalue weighted by atomic mass is 79.9. The number of alkyl halides is 1. The quantitative estimate of drug-likeness (QED) is 0.610. The highest BCUT2D eigenvalue weighted by Crippen LogP contribution is 2.25. The van der Waals surface area contributed by atoms with Gasteiger partial charge in [0.25, 0.3) is 0 Å². The topological polar surface area (TPSA) is 17.1 Å². The second-order valence-corrected chi connectivity index (χ2v) is 4.53. The fraction of sp³-hybridized carbons (Fsp3) is 0.133. The standard InChI is InChI=1S/C15H13BrO/c1-11-7-8-13(12-5-3-2-4-6-12)14(9-11)15(17)10-16/h2-9H,10H2,1H3. The van der Waals surface area contributed by atoms with Crippen molar-refractivity contribution < 1.29 is 4.79 Å². The van der Waals surface area contributed by atoms with Crippen LogP contribution in [0.3, 0.4) is 0 Å². The third-order valence-electron chi connectivity index (χ3n) is 2.68. The molecule has 2 aromatic rings. The Labute approximate surface area is 110 Å². The van der Waals surface area contributed by atoms with E-state index in [0.717, 1.165) is 22.3 Å². The van der Waals surface area contributed by atoms with E-state index in [1.165, 1.54) is 0 Å². The molecule has 2 heteroatoms. The lowest BCUT2D eigenvalue weighted by atomic mass is 9.96. The molecular formula is C15H13BrO. The molecule has 0 saturated heterocycles. The molecule has 0 atom stereocenters. The molecule has 0 spiro atoms. The Balaban J connectivity index is 2.58. The van der Waals surface area contributed by atoms with Crippen molar-refractivity contribution in [2.24, 2.45) is 0 Å². The molecule has 0 heterocycles. The molecular weight excluding hydrogens is 276 g/mol. The molecule has 0 amide bonds. The van der Waals surface area contributed by atoms with E-state index in [4.69, 9.17) is 0 Å². The minimum Gasteiger partial charge on any atom is -0.293 e. The predicted molar refractivity (Wildman–Crippen MR) is 74.7 cm³/mol. The SMILES string of the molecule is Cc1ccc(-c2ccccc2)c(C(=O)CBr)c1. The maximum Gasteiger partial charge on any atom is 0.174 e. The van der Waals surface area contributed by atoms with Crippen molar-refractivity contribution in [3.63, 3.8) is 0 Å². The van der Waals surface area contributed by atoms with E-state index in [2.05, 4.69) is 15.9 Å². The number of Topliss-reactive ketones (excluding diaryl/α,β-unsaturated/α-hetero) is 1. The normalized spacial score (nSPS) is 10.2. The van der Waals surface area contributed by atoms with Crippen LogP contribution in [0.15, 0.2) is 48.5 Å². The van der Waals surface area contributed by atoms with Gasteiger partial charge in [-0.2, -0.15) is 0 Å². The van der Waals surface area contributed by atoms with Crippen LogP contribution in [0.1, 0.15) is 15.9 Å². The fourth-order valence-corrected chi connectivity index (χ4v) is 2.13. The van der Waals surface area contributed by atoms with E-state index in [-0.39, 0.29) is 5.78 Å². The first-order valence-corrected chi connectivity index (χ1v) is 6.60. The van der Waals surface area contributed by atoms with Gasteiger partial charge in [-0.15, -0.1) is 0 Å². The van der Waals surface area contributed by atoms with Gasteiger partial charge in [0.15, 0.2) is 5.78 Å². The van der Waals surface area contributed by atoms with E-state index in [9.17, 15) is 4.79 Å². The van der Waals surface area contributed by atoms with E-state index in [1.54, 1.807) is 0 Å². The third-order valence-corrected chi connectivity index (χ3v) is 3.19. The van der Waals surface area contributed by atoms with Crippen molar-refractivity contribution in [2.45, 2.75) is 6.92 Å². The molecule has 0 aliphatic carbocycles. The molecule has 0 saturated carbocycles. The van der Waals surface area contributed by atoms with E-state index in [1.807, 2.05) is 55.5 Å². The van der Waals surface area contributed by atoms with Gasteiger partial charge >= 0.3 is 0 Å². The highest BCUT2D eigenvalue weighted by Gasteiger charge is 2.11. The van der Waals surface area contributed by atoms with Crippen molar-refractivity contribution >= 4 is 21.7 Å². The number of rotatable bonds is 3. The zero-order chi connectivity index (χ0) is 12.3. The molecule has 2 aromatic carbocycles. The Morgan fingerprint density at radius 3 is 2.47 bits per heavy atom. The lowest BCUT2D eigenvalue weighted by molar-refractivity contribution is 0.102. The average molecular weight is 289 g/mol. The summed E-state index contributed by atoms with van der Waals surface area (Å²) in [6, 6.07) is 16.0. The Hall–Kier alpha value is -1.41. The number of carbonyl (C=O) groups excluding carboxylic acids is 1. The zero-order valence-electron chi connectivity index (χ0n) is 9.61. The molecule has 0 unspecified atom stereocenters. The van der Waals surface area contributed by atoms with Crippen molar-refractivity contribution in [3.05, 3.63) is 59.7 Å². The van der Waals surface area contributed by atoms with E-state index in [0.29, 0.717) is 5.33 Å². The number of hydrogen-bond acceptors (Lipinski definition) is 1. The van der Waals surface area contributed by atoms with Gasteiger partial charge in [0.1, 0.15) is 0 Å². The molecule has 0 bridgehead atoms. The first-order valence-electron chi connectivity index (χ1n) is 5.47. The molecule has 86 valence electrons. The summed E-state index contributed by atoms with van der Waals surface area (Å²) in [5.74, 6) is 0.118. The smallest absolute Gasteiger partial charge is 0.174 e. The summed E-state index contributed by atoms with van der Waals surface area (Å²) >= 11 is 3.23. The van der Waals surface area contributed by atoms with E-state index < -0.39 is 0 Å². The maximum atomic E-state index is 11.9. The maximum absolute atomic E-state index is 11.9. The summed E-state index contributed by atoms with van der Waals surface area (Å²) in [6.07, 6.45) is 0. The first-order chi connectivity index (χ1) is 8.22. The third kappa shape index (κ3) is 2.64. The molecule has 0 aliphatic rings.